The molecule has 1 amide bonds. The fourth-order valence-corrected chi connectivity index (χ4v) is 2.72. The van der Waals surface area contributed by atoms with Gasteiger partial charge in [-0.15, -0.1) is 0 Å². The molecule has 0 aliphatic rings. The van der Waals surface area contributed by atoms with Gasteiger partial charge in [-0.05, 0) is 31.0 Å². The zero-order chi connectivity index (χ0) is 18.9. The fraction of sp³-hybridized carbons (Fsp3) is 0.333. The Bertz CT molecular complexity index is 743. The molecular formula is C21H25NO4. The number of aryl methyl sites for hydroxylation is 1. The van der Waals surface area contributed by atoms with Crippen molar-refractivity contribution in [1.29, 1.82) is 0 Å². The van der Waals surface area contributed by atoms with Crippen LogP contribution in [0.1, 0.15) is 47.3 Å². The molecule has 2 aromatic carbocycles. The van der Waals surface area contributed by atoms with Crippen molar-refractivity contribution in [3.05, 3.63) is 65.2 Å². The van der Waals surface area contributed by atoms with Crippen molar-refractivity contribution in [1.82, 2.24) is 5.32 Å². The highest BCUT2D eigenvalue weighted by Gasteiger charge is 2.18. The van der Waals surface area contributed by atoms with Crippen LogP contribution in [0, 0.1) is 6.92 Å². The molecule has 5 nitrogen and oxygen atoms in total. The molecule has 5 heteroatoms. The number of methoxy groups -OCH3 is 1. The molecule has 26 heavy (non-hydrogen) atoms. The number of amides is 1. The number of rotatable bonds is 8. The molecule has 2 rings (SSSR count). The second-order valence-electron chi connectivity index (χ2n) is 6.10. The standard InChI is InChI=1S/C21H25NO4/c1-4-8-18(16-9-6-5-7-10-16)22-20(23)14-26-21(24)17-13-15(2)11-12-19(17)25-3/h5-7,9-13,18H,4,8,14H2,1-3H3,(H,22,23)/t18-/m1/s1. The van der Waals surface area contributed by atoms with Crippen molar-refractivity contribution < 1.29 is 19.1 Å². The molecule has 0 saturated carbocycles. The summed E-state index contributed by atoms with van der Waals surface area (Å²) in [6.45, 7) is 3.60. The lowest BCUT2D eigenvalue weighted by Crippen LogP contribution is -2.32. The number of hydrogen-bond donors (Lipinski definition) is 1. The smallest absolute Gasteiger partial charge is 0.342 e. The normalized spacial score (nSPS) is 11.5. The number of nitrogens with one attached hydrogen (secondary N) is 1. The van der Waals surface area contributed by atoms with Gasteiger partial charge < -0.3 is 14.8 Å². The van der Waals surface area contributed by atoms with Crippen molar-refractivity contribution >= 4 is 11.9 Å². The van der Waals surface area contributed by atoms with Gasteiger partial charge in [0.15, 0.2) is 6.61 Å². The third-order valence-corrected chi connectivity index (χ3v) is 4.02. The van der Waals surface area contributed by atoms with Crippen LogP contribution in [0.4, 0.5) is 0 Å². The Balaban J connectivity index is 1.97. The van der Waals surface area contributed by atoms with E-state index < -0.39 is 5.97 Å². The lowest BCUT2D eigenvalue weighted by molar-refractivity contribution is -0.125. The van der Waals surface area contributed by atoms with Gasteiger partial charge in [0.1, 0.15) is 11.3 Å². The van der Waals surface area contributed by atoms with Gasteiger partial charge in [-0.3, -0.25) is 4.79 Å². The average Bonchev–Trinajstić information content (AvgIpc) is 2.66. The first kappa shape index (κ1) is 19.5. The van der Waals surface area contributed by atoms with Gasteiger partial charge in [-0.2, -0.15) is 0 Å². The second-order valence-corrected chi connectivity index (χ2v) is 6.10. The number of carbonyl (C=O) groups is 2. The molecule has 0 aliphatic heterocycles. The van der Waals surface area contributed by atoms with E-state index in [9.17, 15) is 9.59 Å². The number of carbonyl (C=O) groups excluding carboxylic acids is 2. The topological polar surface area (TPSA) is 64.6 Å². The summed E-state index contributed by atoms with van der Waals surface area (Å²) in [5.41, 5.74) is 2.26. The maximum absolute atomic E-state index is 12.3. The van der Waals surface area contributed by atoms with Crippen LogP contribution in [0.3, 0.4) is 0 Å². The highest BCUT2D eigenvalue weighted by molar-refractivity contribution is 5.94. The molecular weight excluding hydrogens is 330 g/mol. The minimum Gasteiger partial charge on any atom is -0.496 e. The van der Waals surface area contributed by atoms with Gasteiger partial charge in [0.25, 0.3) is 5.91 Å². The average molecular weight is 355 g/mol. The Hall–Kier alpha value is -2.82. The Morgan fingerprint density at radius 1 is 1.12 bits per heavy atom. The molecule has 0 bridgehead atoms. The van der Waals surface area contributed by atoms with Gasteiger partial charge in [0, 0.05) is 0 Å². The molecule has 2 aromatic rings. The first-order valence-corrected chi connectivity index (χ1v) is 8.71. The monoisotopic (exact) mass is 355 g/mol. The minimum absolute atomic E-state index is 0.0964. The third kappa shape index (κ3) is 5.34. The van der Waals surface area contributed by atoms with Gasteiger partial charge >= 0.3 is 5.97 Å². The van der Waals surface area contributed by atoms with Crippen LogP contribution in [0.25, 0.3) is 0 Å². The van der Waals surface area contributed by atoms with Crippen LogP contribution in [0.15, 0.2) is 48.5 Å². The number of esters is 1. The Kier molecular flexibility index (Phi) is 7.21. The molecule has 0 aromatic heterocycles. The molecule has 0 heterocycles. The summed E-state index contributed by atoms with van der Waals surface area (Å²) in [4.78, 5) is 24.5. The van der Waals surface area contributed by atoms with Crippen molar-refractivity contribution in [2.45, 2.75) is 32.7 Å². The van der Waals surface area contributed by atoms with Crippen LogP contribution in [-0.2, 0) is 9.53 Å². The summed E-state index contributed by atoms with van der Waals surface area (Å²) in [5.74, 6) is -0.478. The first-order valence-electron chi connectivity index (χ1n) is 8.71. The van der Waals surface area contributed by atoms with Crippen molar-refractivity contribution in [2.24, 2.45) is 0 Å². The van der Waals surface area contributed by atoms with Crippen LogP contribution in [0.2, 0.25) is 0 Å². The third-order valence-electron chi connectivity index (χ3n) is 4.02. The lowest BCUT2D eigenvalue weighted by atomic mass is 10.0. The Morgan fingerprint density at radius 2 is 1.85 bits per heavy atom. The summed E-state index contributed by atoms with van der Waals surface area (Å²) in [6.07, 6.45) is 1.75. The summed E-state index contributed by atoms with van der Waals surface area (Å²) < 4.78 is 10.4. The van der Waals surface area contributed by atoms with Crippen LogP contribution < -0.4 is 10.1 Å². The highest BCUT2D eigenvalue weighted by Crippen LogP contribution is 2.21. The van der Waals surface area contributed by atoms with Gasteiger partial charge in [-0.1, -0.05) is 55.3 Å². The van der Waals surface area contributed by atoms with Crippen molar-refractivity contribution in [3.8, 4) is 5.75 Å². The van der Waals surface area contributed by atoms with E-state index in [-0.39, 0.29) is 18.6 Å². The Morgan fingerprint density at radius 3 is 2.50 bits per heavy atom. The van der Waals surface area contributed by atoms with E-state index in [1.165, 1.54) is 7.11 Å². The first-order chi connectivity index (χ1) is 12.5. The predicted molar refractivity (Wildman–Crippen MR) is 100 cm³/mol. The van der Waals surface area contributed by atoms with E-state index in [1.54, 1.807) is 12.1 Å². The van der Waals surface area contributed by atoms with Crippen molar-refractivity contribution in [3.63, 3.8) is 0 Å². The van der Waals surface area contributed by atoms with Gasteiger partial charge in [0.05, 0.1) is 13.2 Å². The lowest BCUT2D eigenvalue weighted by Gasteiger charge is -2.18. The molecule has 0 unspecified atom stereocenters. The summed E-state index contributed by atoms with van der Waals surface area (Å²) in [5, 5.41) is 2.93. The molecule has 0 radical (unpaired) electrons. The summed E-state index contributed by atoms with van der Waals surface area (Å²) >= 11 is 0. The van der Waals surface area contributed by atoms with Gasteiger partial charge in [-0.25, -0.2) is 4.79 Å². The molecule has 0 fully saturated rings. The molecule has 1 atom stereocenters. The predicted octanol–water partition coefficient (Wildman–Crippen LogP) is 3.82. The number of ether oxygens (including phenoxy) is 2. The molecule has 0 aliphatic carbocycles. The fourth-order valence-electron chi connectivity index (χ4n) is 2.72. The van der Waals surface area contributed by atoms with Gasteiger partial charge in [0.2, 0.25) is 0 Å². The SMILES string of the molecule is CCC[C@@H](NC(=O)COC(=O)c1cc(C)ccc1OC)c1ccccc1. The second kappa shape index (κ2) is 9.61. The van der Waals surface area contributed by atoms with E-state index in [4.69, 9.17) is 9.47 Å². The zero-order valence-electron chi connectivity index (χ0n) is 15.5. The zero-order valence-corrected chi connectivity index (χ0v) is 15.5. The molecule has 0 spiro atoms. The van der Waals surface area contributed by atoms with Crippen LogP contribution >= 0.6 is 0 Å². The molecule has 1 N–H and O–H groups in total. The van der Waals surface area contributed by atoms with E-state index in [0.717, 1.165) is 24.0 Å². The van der Waals surface area contributed by atoms with E-state index in [1.807, 2.05) is 43.3 Å². The number of benzene rings is 2. The largest absolute Gasteiger partial charge is 0.496 e. The minimum atomic E-state index is -0.576. The number of hydrogen-bond acceptors (Lipinski definition) is 4. The van der Waals surface area contributed by atoms with Crippen molar-refractivity contribution in [2.75, 3.05) is 13.7 Å². The molecule has 0 saturated heterocycles. The maximum atomic E-state index is 12.3. The van der Waals surface area contributed by atoms with Crippen LogP contribution in [-0.4, -0.2) is 25.6 Å². The quantitative estimate of drug-likeness (QED) is 0.731. The van der Waals surface area contributed by atoms with E-state index in [0.29, 0.717) is 11.3 Å². The maximum Gasteiger partial charge on any atom is 0.342 e. The summed E-state index contributed by atoms with van der Waals surface area (Å²) in [6, 6.07) is 14.9. The molecule has 138 valence electrons. The Labute approximate surface area is 154 Å². The van der Waals surface area contributed by atoms with E-state index in [2.05, 4.69) is 12.2 Å². The van der Waals surface area contributed by atoms with E-state index >= 15 is 0 Å². The summed E-state index contributed by atoms with van der Waals surface area (Å²) in [7, 11) is 1.49. The van der Waals surface area contributed by atoms with Crippen LogP contribution in [0.5, 0.6) is 5.75 Å². The highest BCUT2D eigenvalue weighted by atomic mass is 16.5.